The number of carboxylic acid groups (broad SMARTS) is 1. The Bertz CT molecular complexity index is 903. The number of carbonyl (C=O) groups excluding carboxylic acids is 1. The average Bonchev–Trinajstić information content (AvgIpc) is 3.24. The standard InChI is InChI=1S/C19H22ClN3O4S/c1-4-10-7-13(22-16(10)20)17(24)23-12-6-5-11(8-14(12)27-3)18-21-9(2)15(28-18)19(25)26/h5,12,14H,4,6-8H2,1-3H3,(H,23,24)(H,25,26)/t12-,14+/m1/s1. The molecule has 2 aliphatic rings. The molecular formula is C19H22ClN3O4S. The smallest absolute Gasteiger partial charge is 0.347 e. The van der Waals surface area contributed by atoms with E-state index >= 15 is 0 Å². The Morgan fingerprint density at radius 2 is 2.21 bits per heavy atom. The highest BCUT2D eigenvalue weighted by Gasteiger charge is 2.31. The van der Waals surface area contributed by atoms with E-state index < -0.39 is 5.97 Å². The number of carboxylic acids is 1. The quantitative estimate of drug-likeness (QED) is 0.681. The number of aromatic nitrogens is 1. The van der Waals surface area contributed by atoms with Gasteiger partial charge in [-0.05, 0) is 30.9 Å². The number of aliphatic imine (C=N–C) groups is 1. The fourth-order valence-electron chi connectivity index (χ4n) is 3.34. The van der Waals surface area contributed by atoms with E-state index in [9.17, 15) is 14.7 Å². The zero-order chi connectivity index (χ0) is 20.4. The number of rotatable bonds is 6. The van der Waals surface area contributed by atoms with Gasteiger partial charge >= 0.3 is 5.97 Å². The number of hydrogen-bond donors (Lipinski definition) is 2. The second kappa shape index (κ2) is 8.55. The van der Waals surface area contributed by atoms with Crippen molar-refractivity contribution in [1.82, 2.24) is 10.3 Å². The van der Waals surface area contributed by atoms with Crippen LogP contribution in [-0.4, -0.2) is 46.9 Å². The number of nitrogens with zero attached hydrogens (tertiary/aromatic N) is 2. The van der Waals surface area contributed by atoms with Gasteiger partial charge in [-0.3, -0.25) is 4.79 Å². The molecule has 0 unspecified atom stereocenters. The minimum absolute atomic E-state index is 0.201. The Kier molecular flexibility index (Phi) is 6.32. The largest absolute Gasteiger partial charge is 0.477 e. The van der Waals surface area contributed by atoms with Gasteiger partial charge in [0.05, 0.1) is 17.8 Å². The normalized spacial score (nSPS) is 22.1. The van der Waals surface area contributed by atoms with E-state index in [0.717, 1.165) is 28.9 Å². The van der Waals surface area contributed by atoms with Crippen molar-refractivity contribution in [3.05, 3.63) is 32.4 Å². The maximum atomic E-state index is 12.6. The van der Waals surface area contributed by atoms with Crippen molar-refractivity contribution >= 4 is 46.1 Å². The molecule has 7 nitrogen and oxygen atoms in total. The van der Waals surface area contributed by atoms with Gasteiger partial charge in [0.1, 0.15) is 20.8 Å². The van der Waals surface area contributed by atoms with E-state index in [4.69, 9.17) is 16.3 Å². The van der Waals surface area contributed by atoms with Gasteiger partial charge in [-0.25, -0.2) is 14.8 Å². The Morgan fingerprint density at radius 3 is 2.79 bits per heavy atom. The lowest BCUT2D eigenvalue weighted by Gasteiger charge is -2.30. The first-order chi connectivity index (χ1) is 13.3. The van der Waals surface area contributed by atoms with Crippen molar-refractivity contribution in [2.24, 2.45) is 4.99 Å². The van der Waals surface area contributed by atoms with Crippen LogP contribution in [0.5, 0.6) is 0 Å². The molecule has 0 radical (unpaired) electrons. The monoisotopic (exact) mass is 423 g/mol. The molecule has 0 saturated carbocycles. The van der Waals surface area contributed by atoms with Crippen LogP contribution in [0.2, 0.25) is 0 Å². The second-order valence-corrected chi connectivity index (χ2v) is 8.10. The summed E-state index contributed by atoms with van der Waals surface area (Å²) in [4.78, 5) is 32.6. The van der Waals surface area contributed by atoms with Crippen LogP contribution in [-0.2, 0) is 9.53 Å². The van der Waals surface area contributed by atoms with Crippen LogP contribution < -0.4 is 5.32 Å². The van der Waals surface area contributed by atoms with Crippen molar-refractivity contribution in [3.8, 4) is 0 Å². The Balaban J connectivity index is 1.70. The molecule has 2 heterocycles. The molecule has 1 aliphatic carbocycles. The lowest BCUT2D eigenvalue weighted by atomic mass is 9.92. The summed E-state index contributed by atoms with van der Waals surface area (Å²) in [5, 5.41) is 13.3. The van der Waals surface area contributed by atoms with Crippen LogP contribution in [0, 0.1) is 6.92 Å². The van der Waals surface area contributed by atoms with Crippen LogP contribution in [0.25, 0.3) is 5.57 Å². The molecule has 0 fully saturated rings. The molecule has 150 valence electrons. The van der Waals surface area contributed by atoms with E-state index in [1.807, 2.05) is 13.0 Å². The summed E-state index contributed by atoms with van der Waals surface area (Å²) in [6, 6.07) is -0.201. The Hall–Kier alpha value is -2.03. The fourth-order valence-corrected chi connectivity index (χ4v) is 4.59. The van der Waals surface area contributed by atoms with Crippen LogP contribution in [0.15, 0.2) is 21.8 Å². The van der Waals surface area contributed by atoms with Crippen molar-refractivity contribution in [1.29, 1.82) is 0 Å². The molecule has 0 aromatic carbocycles. The average molecular weight is 424 g/mol. The number of ether oxygens (including phenoxy) is 1. The molecule has 2 N–H and O–H groups in total. The van der Waals surface area contributed by atoms with E-state index in [-0.39, 0.29) is 22.9 Å². The zero-order valence-electron chi connectivity index (χ0n) is 15.9. The van der Waals surface area contributed by atoms with Crippen LogP contribution in [0.4, 0.5) is 0 Å². The van der Waals surface area contributed by atoms with Crippen molar-refractivity contribution < 1.29 is 19.4 Å². The van der Waals surface area contributed by atoms with Gasteiger partial charge in [0.15, 0.2) is 0 Å². The summed E-state index contributed by atoms with van der Waals surface area (Å²) in [6.07, 6.45) is 4.10. The first-order valence-corrected chi connectivity index (χ1v) is 10.2. The van der Waals surface area contributed by atoms with E-state index in [1.165, 1.54) is 0 Å². The van der Waals surface area contributed by atoms with Crippen LogP contribution >= 0.6 is 22.9 Å². The summed E-state index contributed by atoms with van der Waals surface area (Å²) < 4.78 is 5.60. The molecule has 0 bridgehead atoms. The number of aromatic carboxylic acids is 1. The predicted molar refractivity (Wildman–Crippen MR) is 109 cm³/mol. The van der Waals surface area contributed by atoms with Gasteiger partial charge < -0.3 is 15.2 Å². The summed E-state index contributed by atoms with van der Waals surface area (Å²) in [7, 11) is 1.60. The number of allylic oxidation sites excluding steroid dienone is 1. The summed E-state index contributed by atoms with van der Waals surface area (Å²) in [6.45, 7) is 3.67. The molecule has 1 amide bonds. The number of halogens is 1. The first-order valence-electron chi connectivity index (χ1n) is 9.02. The molecule has 3 rings (SSSR count). The minimum Gasteiger partial charge on any atom is -0.477 e. The molecule has 9 heteroatoms. The van der Waals surface area contributed by atoms with Gasteiger partial charge in [-0.2, -0.15) is 0 Å². The molecule has 1 aliphatic heterocycles. The first kappa shape index (κ1) is 20.7. The zero-order valence-corrected chi connectivity index (χ0v) is 17.5. The fraction of sp³-hybridized carbons (Fsp3) is 0.474. The highest BCUT2D eigenvalue weighted by atomic mass is 35.5. The summed E-state index contributed by atoms with van der Waals surface area (Å²) in [5.74, 6) is -1.20. The molecule has 0 saturated heterocycles. The van der Waals surface area contributed by atoms with Crippen molar-refractivity contribution in [2.45, 2.75) is 51.7 Å². The maximum Gasteiger partial charge on any atom is 0.347 e. The number of methoxy groups -OCH3 is 1. The number of thiazole rings is 1. The highest BCUT2D eigenvalue weighted by Crippen LogP contribution is 2.33. The summed E-state index contributed by atoms with van der Waals surface area (Å²) >= 11 is 7.23. The SMILES string of the molecule is CCC1=C(Cl)N=C(C(=O)N[C@@H]2CC=C(c3nc(C)c(C(=O)O)s3)C[C@@H]2OC)C1. The Labute approximate surface area is 172 Å². The van der Waals surface area contributed by atoms with Gasteiger partial charge in [0, 0.05) is 20.0 Å². The Morgan fingerprint density at radius 1 is 1.46 bits per heavy atom. The van der Waals surface area contributed by atoms with Gasteiger partial charge in [0.2, 0.25) is 0 Å². The maximum absolute atomic E-state index is 12.6. The van der Waals surface area contributed by atoms with E-state index in [0.29, 0.717) is 40.8 Å². The molecule has 1 aromatic rings. The van der Waals surface area contributed by atoms with Gasteiger partial charge in [-0.1, -0.05) is 24.6 Å². The molecule has 2 atom stereocenters. The number of aryl methyl sites for hydroxylation is 1. The number of nitrogens with one attached hydrogen (secondary N) is 1. The third kappa shape index (κ3) is 4.19. The molecule has 1 aromatic heterocycles. The predicted octanol–water partition coefficient (Wildman–Crippen LogP) is 3.53. The van der Waals surface area contributed by atoms with Gasteiger partial charge in [-0.15, -0.1) is 11.3 Å². The van der Waals surface area contributed by atoms with E-state index in [2.05, 4.69) is 15.3 Å². The van der Waals surface area contributed by atoms with Crippen LogP contribution in [0.3, 0.4) is 0 Å². The van der Waals surface area contributed by atoms with Crippen molar-refractivity contribution in [3.63, 3.8) is 0 Å². The molecule has 28 heavy (non-hydrogen) atoms. The topological polar surface area (TPSA) is 101 Å². The number of carbonyl (C=O) groups is 2. The number of hydrogen-bond acceptors (Lipinski definition) is 6. The molecular weight excluding hydrogens is 402 g/mol. The lowest BCUT2D eigenvalue weighted by molar-refractivity contribution is -0.116. The van der Waals surface area contributed by atoms with Gasteiger partial charge in [0.25, 0.3) is 5.91 Å². The second-order valence-electron chi connectivity index (χ2n) is 6.75. The van der Waals surface area contributed by atoms with Crippen LogP contribution in [0.1, 0.15) is 53.0 Å². The van der Waals surface area contributed by atoms with Crippen molar-refractivity contribution in [2.75, 3.05) is 7.11 Å². The molecule has 0 spiro atoms. The van der Waals surface area contributed by atoms with E-state index in [1.54, 1.807) is 14.0 Å². The third-order valence-corrected chi connectivity index (χ3v) is 6.54. The minimum atomic E-state index is -0.970. The number of amides is 1. The summed E-state index contributed by atoms with van der Waals surface area (Å²) in [5.41, 5.74) is 2.84. The third-order valence-electron chi connectivity index (χ3n) is 4.97. The lowest BCUT2D eigenvalue weighted by Crippen LogP contribution is -2.47. The highest BCUT2D eigenvalue weighted by molar-refractivity contribution is 7.14.